The highest BCUT2D eigenvalue weighted by atomic mass is 32.1. The number of likely N-dealkylation sites (tertiary alicyclic amines) is 1. The first-order valence-corrected chi connectivity index (χ1v) is 10.8. The lowest BCUT2D eigenvalue weighted by Gasteiger charge is -2.36. The van der Waals surface area contributed by atoms with Gasteiger partial charge in [-0.2, -0.15) is 0 Å². The molecule has 2 aromatic rings. The number of nitrogens with zero attached hydrogens (tertiary/aromatic N) is 1. The molecule has 1 saturated heterocycles. The molecule has 0 spiro atoms. The fourth-order valence-electron chi connectivity index (χ4n) is 4.07. The predicted molar refractivity (Wildman–Crippen MR) is 109 cm³/mol. The van der Waals surface area contributed by atoms with Crippen LogP contribution < -0.4 is 10.1 Å². The first-order chi connectivity index (χ1) is 13.2. The molecule has 0 aliphatic carbocycles. The molecule has 1 N–H and O–H groups in total. The Morgan fingerprint density at radius 3 is 2.85 bits per heavy atom. The van der Waals surface area contributed by atoms with Crippen molar-refractivity contribution in [3.05, 3.63) is 52.2 Å². The smallest absolute Gasteiger partial charge is 0.226 e. The standard InChI is InChI=1S/C22H28N2O2S/c1-16-8-10-24(11-9-16)19(21-7-4-12-27-21)14-23-22(25)18-13-17-5-2-3-6-20(17)26-15-18/h2-7,12,16,18-19H,8-11,13-15H2,1H3,(H,23,25). The van der Waals surface area contributed by atoms with Crippen LogP contribution in [0.15, 0.2) is 41.8 Å². The maximum absolute atomic E-state index is 12.8. The van der Waals surface area contributed by atoms with E-state index in [9.17, 15) is 4.79 Å². The van der Waals surface area contributed by atoms with E-state index < -0.39 is 0 Å². The van der Waals surface area contributed by atoms with E-state index in [1.165, 1.54) is 17.7 Å². The Labute approximate surface area is 165 Å². The van der Waals surface area contributed by atoms with Crippen molar-refractivity contribution in [3.63, 3.8) is 0 Å². The van der Waals surface area contributed by atoms with Crippen LogP contribution in [0.4, 0.5) is 0 Å². The van der Waals surface area contributed by atoms with Crippen LogP contribution in [-0.2, 0) is 11.2 Å². The summed E-state index contributed by atoms with van der Waals surface area (Å²) in [5.74, 6) is 1.72. The monoisotopic (exact) mass is 384 g/mol. The number of piperidine rings is 1. The molecule has 144 valence electrons. The van der Waals surface area contributed by atoms with Gasteiger partial charge in [-0.3, -0.25) is 9.69 Å². The van der Waals surface area contributed by atoms with E-state index in [0.717, 1.165) is 36.7 Å². The molecule has 2 aliphatic rings. The molecule has 3 heterocycles. The first-order valence-electron chi connectivity index (χ1n) is 9.96. The lowest BCUT2D eigenvalue weighted by molar-refractivity contribution is -0.126. The second kappa shape index (κ2) is 8.44. The summed E-state index contributed by atoms with van der Waals surface area (Å²) in [6.45, 7) is 5.69. The molecule has 4 rings (SSSR count). The zero-order valence-electron chi connectivity index (χ0n) is 15.9. The molecule has 0 bridgehead atoms. The highest BCUT2D eigenvalue weighted by Crippen LogP contribution is 2.30. The maximum Gasteiger partial charge on any atom is 0.226 e. The van der Waals surface area contributed by atoms with Gasteiger partial charge < -0.3 is 10.1 Å². The highest BCUT2D eigenvalue weighted by molar-refractivity contribution is 7.10. The van der Waals surface area contributed by atoms with Gasteiger partial charge in [-0.25, -0.2) is 0 Å². The van der Waals surface area contributed by atoms with Crippen molar-refractivity contribution in [2.75, 3.05) is 26.2 Å². The number of carbonyl (C=O) groups excluding carboxylic acids is 1. The predicted octanol–water partition coefficient (Wildman–Crippen LogP) is 3.89. The number of benzene rings is 1. The van der Waals surface area contributed by atoms with E-state index in [-0.39, 0.29) is 17.9 Å². The van der Waals surface area contributed by atoms with E-state index in [4.69, 9.17) is 4.74 Å². The second-order valence-electron chi connectivity index (χ2n) is 7.81. The van der Waals surface area contributed by atoms with Crippen LogP contribution in [0.25, 0.3) is 0 Å². The second-order valence-corrected chi connectivity index (χ2v) is 8.79. The number of hydrogen-bond acceptors (Lipinski definition) is 4. The van der Waals surface area contributed by atoms with Crippen molar-refractivity contribution in [2.24, 2.45) is 11.8 Å². The minimum atomic E-state index is -0.106. The topological polar surface area (TPSA) is 41.6 Å². The van der Waals surface area contributed by atoms with Crippen LogP contribution in [-0.4, -0.2) is 37.0 Å². The molecule has 2 unspecified atom stereocenters. The Morgan fingerprint density at radius 1 is 1.26 bits per heavy atom. The zero-order chi connectivity index (χ0) is 18.6. The van der Waals surface area contributed by atoms with E-state index in [1.807, 2.05) is 18.2 Å². The molecular weight excluding hydrogens is 356 g/mol. The van der Waals surface area contributed by atoms with Gasteiger partial charge >= 0.3 is 0 Å². The molecule has 1 amide bonds. The van der Waals surface area contributed by atoms with Crippen LogP contribution >= 0.6 is 11.3 Å². The van der Waals surface area contributed by atoms with Gasteiger partial charge in [-0.05, 0) is 61.3 Å². The maximum atomic E-state index is 12.8. The summed E-state index contributed by atoms with van der Waals surface area (Å²) in [6.07, 6.45) is 3.24. The molecule has 2 atom stereocenters. The average Bonchev–Trinajstić information content (AvgIpc) is 3.23. The average molecular weight is 385 g/mol. The Hall–Kier alpha value is -1.85. The lowest BCUT2D eigenvalue weighted by atomic mass is 9.95. The number of fused-ring (bicyclic) bond motifs is 1. The Bertz CT molecular complexity index is 753. The Kier molecular flexibility index (Phi) is 5.79. The highest BCUT2D eigenvalue weighted by Gasteiger charge is 2.29. The molecule has 1 fully saturated rings. The number of rotatable bonds is 5. The third kappa shape index (κ3) is 4.36. The molecule has 0 radical (unpaired) electrons. The zero-order valence-corrected chi connectivity index (χ0v) is 16.7. The summed E-state index contributed by atoms with van der Waals surface area (Å²) in [7, 11) is 0. The van der Waals surface area contributed by atoms with Gasteiger partial charge in [-0.15, -0.1) is 11.3 Å². The van der Waals surface area contributed by atoms with Gasteiger partial charge in [0.05, 0.1) is 12.0 Å². The van der Waals surface area contributed by atoms with Crippen molar-refractivity contribution < 1.29 is 9.53 Å². The Balaban J connectivity index is 1.38. The van der Waals surface area contributed by atoms with Crippen LogP contribution in [0.3, 0.4) is 0 Å². The largest absolute Gasteiger partial charge is 0.492 e. The van der Waals surface area contributed by atoms with E-state index in [0.29, 0.717) is 13.2 Å². The van der Waals surface area contributed by atoms with Crippen molar-refractivity contribution in [1.82, 2.24) is 10.2 Å². The minimum Gasteiger partial charge on any atom is -0.492 e. The minimum absolute atomic E-state index is 0.106. The number of hydrogen-bond donors (Lipinski definition) is 1. The summed E-state index contributed by atoms with van der Waals surface area (Å²) >= 11 is 1.79. The summed E-state index contributed by atoms with van der Waals surface area (Å²) in [5.41, 5.74) is 1.13. The molecule has 4 nitrogen and oxygen atoms in total. The van der Waals surface area contributed by atoms with E-state index >= 15 is 0 Å². The summed E-state index contributed by atoms with van der Waals surface area (Å²) in [5, 5.41) is 5.35. The number of thiophene rings is 1. The van der Waals surface area contributed by atoms with Gasteiger partial charge in [0.2, 0.25) is 5.91 Å². The number of ether oxygens (including phenoxy) is 1. The van der Waals surface area contributed by atoms with Crippen molar-refractivity contribution in [1.29, 1.82) is 0 Å². The Morgan fingerprint density at radius 2 is 2.07 bits per heavy atom. The van der Waals surface area contributed by atoms with Crippen molar-refractivity contribution in [3.8, 4) is 5.75 Å². The van der Waals surface area contributed by atoms with E-state index in [1.54, 1.807) is 11.3 Å². The van der Waals surface area contributed by atoms with Crippen LogP contribution in [0.5, 0.6) is 5.75 Å². The van der Waals surface area contributed by atoms with Crippen LogP contribution in [0, 0.1) is 11.8 Å². The van der Waals surface area contributed by atoms with Gasteiger partial charge in [0.1, 0.15) is 12.4 Å². The molecule has 1 aromatic heterocycles. The number of carbonyl (C=O) groups is 1. The van der Waals surface area contributed by atoms with E-state index in [2.05, 4.69) is 40.7 Å². The number of nitrogens with one attached hydrogen (secondary N) is 1. The third-order valence-corrected chi connectivity index (χ3v) is 6.82. The van der Waals surface area contributed by atoms with Gasteiger partial charge in [0.25, 0.3) is 0 Å². The quantitative estimate of drug-likeness (QED) is 0.850. The SMILES string of the molecule is CC1CCN(C(CNC(=O)C2COc3ccccc3C2)c2cccs2)CC1. The van der Waals surface area contributed by atoms with Crippen LogP contribution in [0.1, 0.15) is 36.2 Å². The summed E-state index contributed by atoms with van der Waals surface area (Å²) in [4.78, 5) is 16.7. The molecule has 27 heavy (non-hydrogen) atoms. The van der Waals surface area contributed by atoms with Gasteiger partial charge in [-0.1, -0.05) is 31.2 Å². The lowest BCUT2D eigenvalue weighted by Crippen LogP contribution is -2.44. The van der Waals surface area contributed by atoms with Gasteiger partial charge in [0, 0.05) is 11.4 Å². The summed E-state index contributed by atoms with van der Waals surface area (Å²) < 4.78 is 5.80. The van der Waals surface area contributed by atoms with Crippen molar-refractivity contribution in [2.45, 2.75) is 32.2 Å². The fraction of sp³-hybridized carbons (Fsp3) is 0.500. The normalized spacial score (nSPS) is 21.9. The first kappa shape index (κ1) is 18.5. The third-order valence-electron chi connectivity index (χ3n) is 5.85. The molecule has 2 aliphatic heterocycles. The number of para-hydroxylation sites is 1. The fourth-order valence-corrected chi connectivity index (χ4v) is 4.93. The van der Waals surface area contributed by atoms with Crippen molar-refractivity contribution >= 4 is 17.2 Å². The molecule has 1 aromatic carbocycles. The van der Waals surface area contributed by atoms with Gasteiger partial charge in [0.15, 0.2) is 0 Å². The molecule has 5 heteroatoms. The summed E-state index contributed by atoms with van der Waals surface area (Å²) in [6, 6.07) is 12.6. The van der Waals surface area contributed by atoms with Crippen LogP contribution in [0.2, 0.25) is 0 Å². The molecule has 0 saturated carbocycles. The number of amides is 1. The molecular formula is C22H28N2O2S.